The third kappa shape index (κ3) is 6.96. The zero-order valence-corrected chi connectivity index (χ0v) is 20.0. The van der Waals surface area contributed by atoms with Crippen LogP contribution in [0.25, 0.3) is 0 Å². The summed E-state index contributed by atoms with van der Waals surface area (Å²) in [6, 6.07) is 8.11. The van der Waals surface area contributed by atoms with Gasteiger partial charge >= 0.3 is 0 Å². The van der Waals surface area contributed by atoms with Gasteiger partial charge in [0.25, 0.3) is 0 Å². The Bertz CT molecular complexity index is 761. The lowest BCUT2D eigenvalue weighted by Gasteiger charge is -2.30. The van der Waals surface area contributed by atoms with Gasteiger partial charge in [0.1, 0.15) is 0 Å². The van der Waals surface area contributed by atoms with Crippen LogP contribution in [-0.2, 0) is 16.6 Å². The van der Waals surface area contributed by atoms with E-state index in [1.54, 1.807) is 16.4 Å². The van der Waals surface area contributed by atoms with E-state index < -0.39 is 10.0 Å². The highest BCUT2D eigenvalue weighted by Crippen LogP contribution is 2.21. The Hall–Kier alpha value is -1.64. The molecule has 2 N–H and O–H groups in total. The topological polar surface area (TPSA) is 77.0 Å². The minimum absolute atomic E-state index is 0.365. The molecule has 8 heteroatoms. The second-order valence-corrected chi connectivity index (χ2v) is 10.2. The van der Waals surface area contributed by atoms with Gasteiger partial charge in [-0.25, -0.2) is 13.4 Å². The van der Waals surface area contributed by atoms with Gasteiger partial charge in [0.2, 0.25) is 10.0 Å². The number of benzene rings is 1. The SMILES string of the molecule is CCNC(=NCc1ccc(S(=O)(=O)N2CCCC2)cc1)NCCN(C(C)C)C(C)C. The quantitative estimate of drug-likeness (QED) is 0.435. The highest BCUT2D eigenvalue weighted by atomic mass is 32.2. The Morgan fingerprint density at radius 2 is 1.67 bits per heavy atom. The number of rotatable bonds is 10. The molecule has 1 heterocycles. The molecule has 0 unspecified atom stereocenters. The molecule has 0 aromatic heterocycles. The van der Waals surface area contributed by atoms with Crippen molar-refractivity contribution in [3.05, 3.63) is 29.8 Å². The second kappa shape index (κ2) is 11.7. The molecular weight excluding hydrogens is 398 g/mol. The molecule has 0 bridgehead atoms. The summed E-state index contributed by atoms with van der Waals surface area (Å²) in [6.07, 6.45) is 1.89. The van der Waals surface area contributed by atoms with Crippen LogP contribution in [0.3, 0.4) is 0 Å². The molecule has 0 radical (unpaired) electrons. The molecule has 1 aliphatic rings. The monoisotopic (exact) mass is 437 g/mol. The normalized spacial score (nSPS) is 16.1. The molecule has 1 saturated heterocycles. The molecule has 1 aliphatic heterocycles. The molecule has 170 valence electrons. The summed E-state index contributed by atoms with van der Waals surface area (Å²) in [4.78, 5) is 7.46. The van der Waals surface area contributed by atoms with Gasteiger partial charge in [-0.3, -0.25) is 4.90 Å². The molecule has 0 amide bonds. The Morgan fingerprint density at radius 1 is 1.07 bits per heavy atom. The molecule has 30 heavy (non-hydrogen) atoms. The molecule has 1 fully saturated rings. The van der Waals surface area contributed by atoms with Gasteiger partial charge in [-0.2, -0.15) is 4.31 Å². The Kier molecular flexibility index (Phi) is 9.58. The van der Waals surface area contributed by atoms with E-state index in [9.17, 15) is 8.42 Å². The lowest BCUT2D eigenvalue weighted by Crippen LogP contribution is -2.45. The number of hydrogen-bond donors (Lipinski definition) is 2. The van der Waals surface area contributed by atoms with Crippen molar-refractivity contribution in [2.24, 2.45) is 4.99 Å². The standard InChI is InChI=1S/C22H39N5O2S/c1-6-23-22(24-13-16-27(18(2)3)19(4)5)25-17-20-9-11-21(12-10-20)30(28,29)26-14-7-8-15-26/h9-12,18-19H,6-8,13-17H2,1-5H3,(H2,23,24,25). The summed E-state index contributed by atoms with van der Waals surface area (Å²) in [5.74, 6) is 0.777. The predicted molar refractivity (Wildman–Crippen MR) is 124 cm³/mol. The summed E-state index contributed by atoms with van der Waals surface area (Å²) in [6.45, 7) is 15.2. The maximum atomic E-state index is 12.6. The number of guanidine groups is 1. The minimum atomic E-state index is -3.36. The van der Waals surface area contributed by atoms with Gasteiger partial charge in [-0.15, -0.1) is 0 Å². The van der Waals surface area contributed by atoms with Crippen molar-refractivity contribution >= 4 is 16.0 Å². The van der Waals surface area contributed by atoms with E-state index >= 15 is 0 Å². The number of aliphatic imine (C=N–C) groups is 1. The number of sulfonamides is 1. The van der Waals surface area contributed by atoms with Crippen LogP contribution in [0.4, 0.5) is 0 Å². The van der Waals surface area contributed by atoms with Crippen molar-refractivity contribution in [3.63, 3.8) is 0 Å². The summed E-state index contributed by atoms with van der Waals surface area (Å²) >= 11 is 0. The zero-order valence-electron chi connectivity index (χ0n) is 19.2. The maximum Gasteiger partial charge on any atom is 0.243 e. The van der Waals surface area contributed by atoms with Crippen molar-refractivity contribution in [3.8, 4) is 0 Å². The third-order valence-electron chi connectivity index (χ3n) is 5.38. The summed E-state index contributed by atoms with van der Waals surface area (Å²) < 4.78 is 26.9. The van der Waals surface area contributed by atoms with E-state index in [-0.39, 0.29) is 0 Å². The van der Waals surface area contributed by atoms with Crippen LogP contribution in [-0.4, -0.2) is 68.4 Å². The van der Waals surface area contributed by atoms with Crippen LogP contribution < -0.4 is 10.6 Å². The highest BCUT2D eigenvalue weighted by Gasteiger charge is 2.26. The van der Waals surface area contributed by atoms with Crippen molar-refractivity contribution in [1.29, 1.82) is 0 Å². The van der Waals surface area contributed by atoms with Crippen molar-refractivity contribution in [2.45, 2.75) is 71.0 Å². The number of nitrogens with zero attached hydrogens (tertiary/aromatic N) is 3. The third-order valence-corrected chi connectivity index (χ3v) is 7.29. The van der Waals surface area contributed by atoms with Crippen molar-refractivity contribution in [1.82, 2.24) is 19.8 Å². The Labute approximate surface area is 183 Å². The van der Waals surface area contributed by atoms with E-state index in [0.29, 0.717) is 36.6 Å². The van der Waals surface area contributed by atoms with Crippen molar-refractivity contribution < 1.29 is 8.42 Å². The average molecular weight is 438 g/mol. The van der Waals surface area contributed by atoms with E-state index in [4.69, 9.17) is 0 Å². The first-order chi connectivity index (χ1) is 14.3. The van der Waals surface area contributed by atoms with Crippen LogP contribution in [0.5, 0.6) is 0 Å². The Morgan fingerprint density at radius 3 is 2.20 bits per heavy atom. The highest BCUT2D eigenvalue weighted by molar-refractivity contribution is 7.89. The fourth-order valence-corrected chi connectivity index (χ4v) is 5.29. The smallest absolute Gasteiger partial charge is 0.243 e. The van der Waals surface area contributed by atoms with Crippen LogP contribution in [0.15, 0.2) is 34.2 Å². The molecule has 1 aromatic rings. The molecule has 2 rings (SSSR count). The predicted octanol–water partition coefficient (Wildman–Crippen LogP) is 2.65. The van der Waals surface area contributed by atoms with E-state index in [1.165, 1.54) is 0 Å². The fourth-order valence-electron chi connectivity index (χ4n) is 3.77. The van der Waals surface area contributed by atoms with E-state index in [1.807, 2.05) is 19.1 Å². The minimum Gasteiger partial charge on any atom is -0.357 e. The lowest BCUT2D eigenvalue weighted by molar-refractivity contribution is 0.178. The van der Waals surface area contributed by atoms with Gasteiger partial charge < -0.3 is 10.6 Å². The van der Waals surface area contributed by atoms with Gasteiger partial charge in [0.15, 0.2) is 5.96 Å². The van der Waals surface area contributed by atoms with Crippen LogP contribution in [0, 0.1) is 0 Å². The first-order valence-electron chi connectivity index (χ1n) is 11.1. The fraction of sp³-hybridized carbons (Fsp3) is 0.682. The van der Waals surface area contributed by atoms with Crippen LogP contribution in [0.2, 0.25) is 0 Å². The molecule has 0 atom stereocenters. The van der Waals surface area contributed by atoms with Gasteiger partial charge in [0, 0.05) is 44.8 Å². The Balaban J connectivity index is 1.95. The van der Waals surface area contributed by atoms with E-state index in [0.717, 1.165) is 44.0 Å². The number of nitrogens with one attached hydrogen (secondary N) is 2. The van der Waals surface area contributed by atoms with Crippen LogP contribution >= 0.6 is 0 Å². The first kappa shape index (κ1) is 24.6. The second-order valence-electron chi connectivity index (χ2n) is 8.30. The molecule has 7 nitrogen and oxygen atoms in total. The summed E-state index contributed by atoms with van der Waals surface area (Å²) in [7, 11) is -3.36. The van der Waals surface area contributed by atoms with Gasteiger partial charge in [-0.1, -0.05) is 12.1 Å². The van der Waals surface area contributed by atoms with E-state index in [2.05, 4.69) is 48.2 Å². The van der Waals surface area contributed by atoms with Crippen LogP contribution in [0.1, 0.15) is 53.0 Å². The first-order valence-corrected chi connectivity index (χ1v) is 12.6. The molecular formula is C22H39N5O2S. The molecule has 0 aliphatic carbocycles. The molecule has 0 saturated carbocycles. The average Bonchev–Trinajstić information content (AvgIpc) is 3.24. The lowest BCUT2D eigenvalue weighted by atomic mass is 10.2. The molecule has 1 aromatic carbocycles. The number of hydrogen-bond acceptors (Lipinski definition) is 4. The van der Waals surface area contributed by atoms with Gasteiger partial charge in [0.05, 0.1) is 11.4 Å². The molecule has 0 spiro atoms. The summed E-state index contributed by atoms with van der Waals surface area (Å²) in [5.41, 5.74) is 0.985. The van der Waals surface area contributed by atoms with Gasteiger partial charge in [-0.05, 0) is 65.2 Å². The maximum absolute atomic E-state index is 12.6. The largest absolute Gasteiger partial charge is 0.357 e. The zero-order chi connectivity index (χ0) is 22.1. The van der Waals surface area contributed by atoms with Crippen molar-refractivity contribution in [2.75, 3.05) is 32.7 Å². The summed E-state index contributed by atoms with van der Waals surface area (Å²) in [5, 5.41) is 6.67.